The molecule has 2 heteroatoms. The van der Waals surface area contributed by atoms with E-state index in [1.165, 1.54) is 44.9 Å². The van der Waals surface area contributed by atoms with Gasteiger partial charge in [-0.15, -0.1) is 23.2 Å². The molecule has 0 amide bonds. The van der Waals surface area contributed by atoms with Gasteiger partial charge in [-0.2, -0.15) is 0 Å². The molecule has 0 aliphatic rings. The van der Waals surface area contributed by atoms with E-state index in [0.29, 0.717) is 11.8 Å². The van der Waals surface area contributed by atoms with Gasteiger partial charge in [0.25, 0.3) is 0 Å². The predicted molar refractivity (Wildman–Crippen MR) is 72.1 cm³/mol. The fourth-order valence-corrected chi connectivity index (χ4v) is 2.58. The molecule has 0 aromatic carbocycles. The van der Waals surface area contributed by atoms with E-state index in [9.17, 15) is 0 Å². The third-order valence-electron chi connectivity index (χ3n) is 3.06. The van der Waals surface area contributed by atoms with Crippen LogP contribution in [0, 0.1) is 5.92 Å². The quantitative estimate of drug-likeness (QED) is 0.370. The van der Waals surface area contributed by atoms with Crippen LogP contribution in [0.1, 0.15) is 65.7 Å². The second kappa shape index (κ2) is 8.70. The molecule has 0 N–H and O–H groups in total. The Morgan fingerprint density at radius 2 is 1.53 bits per heavy atom. The number of hydrogen-bond donors (Lipinski definition) is 0. The average molecular weight is 253 g/mol. The summed E-state index contributed by atoms with van der Waals surface area (Å²) >= 11 is 12.2. The van der Waals surface area contributed by atoms with Gasteiger partial charge in [-0.3, -0.25) is 0 Å². The smallest absolute Gasteiger partial charge is 0.0430 e. The Balaban J connectivity index is 3.48. The molecule has 0 saturated carbocycles. The first kappa shape index (κ1) is 15.6. The Labute approximate surface area is 106 Å². The lowest BCUT2D eigenvalue weighted by molar-refractivity contribution is 0.405. The number of unbranched alkanes of at least 4 members (excludes halogenated alkanes) is 5. The lowest BCUT2D eigenvalue weighted by atomic mass is 9.91. The standard InChI is InChI=1S/C13H26Cl2/c1-4-5-6-7-8-9-10-12(11-14)13(2,3)15/h12H,4-11H2,1-3H3. The Hall–Kier alpha value is 0.580. The van der Waals surface area contributed by atoms with Gasteiger partial charge in [0.2, 0.25) is 0 Å². The van der Waals surface area contributed by atoms with Crippen LogP contribution in [0.2, 0.25) is 0 Å². The zero-order chi connectivity index (χ0) is 11.7. The summed E-state index contributed by atoms with van der Waals surface area (Å²) in [5.74, 6) is 1.14. The molecule has 0 aromatic heterocycles. The Morgan fingerprint density at radius 1 is 1.00 bits per heavy atom. The molecule has 1 atom stereocenters. The van der Waals surface area contributed by atoms with Gasteiger partial charge in [-0.1, -0.05) is 45.4 Å². The maximum Gasteiger partial charge on any atom is 0.0430 e. The van der Waals surface area contributed by atoms with Crippen molar-refractivity contribution in [1.82, 2.24) is 0 Å². The number of halogens is 2. The van der Waals surface area contributed by atoms with Crippen LogP contribution in [0.3, 0.4) is 0 Å². The lowest BCUT2D eigenvalue weighted by Crippen LogP contribution is -2.26. The molecule has 1 unspecified atom stereocenters. The van der Waals surface area contributed by atoms with Crippen molar-refractivity contribution < 1.29 is 0 Å². The number of alkyl halides is 2. The summed E-state index contributed by atoms with van der Waals surface area (Å²) in [6.45, 7) is 6.39. The van der Waals surface area contributed by atoms with E-state index in [1.807, 2.05) is 0 Å². The molecule has 15 heavy (non-hydrogen) atoms. The van der Waals surface area contributed by atoms with E-state index >= 15 is 0 Å². The molecule has 0 aliphatic heterocycles. The SMILES string of the molecule is CCCCCCCCC(CCl)C(C)(C)Cl. The zero-order valence-electron chi connectivity index (χ0n) is 10.5. The third kappa shape index (κ3) is 8.39. The van der Waals surface area contributed by atoms with Crippen molar-refractivity contribution in [3.8, 4) is 0 Å². The highest BCUT2D eigenvalue weighted by Gasteiger charge is 2.25. The van der Waals surface area contributed by atoms with Crippen LogP contribution in [0.4, 0.5) is 0 Å². The first-order valence-corrected chi connectivity index (χ1v) is 7.18. The monoisotopic (exact) mass is 252 g/mol. The summed E-state index contributed by atoms with van der Waals surface area (Å²) in [4.78, 5) is -0.148. The largest absolute Gasteiger partial charge is 0.126 e. The normalized spacial score (nSPS) is 14.2. The number of rotatable bonds is 9. The van der Waals surface area contributed by atoms with E-state index in [0.717, 1.165) is 0 Å². The highest BCUT2D eigenvalue weighted by atomic mass is 35.5. The van der Waals surface area contributed by atoms with Gasteiger partial charge in [-0.05, 0) is 26.2 Å². The van der Waals surface area contributed by atoms with Crippen molar-refractivity contribution in [2.45, 2.75) is 70.6 Å². The van der Waals surface area contributed by atoms with Gasteiger partial charge in [-0.25, -0.2) is 0 Å². The molecular formula is C13H26Cl2. The summed E-state index contributed by atoms with van der Waals surface area (Å²) in [5, 5.41) is 0. The fraction of sp³-hybridized carbons (Fsp3) is 1.00. The summed E-state index contributed by atoms with van der Waals surface area (Å²) in [6, 6.07) is 0. The van der Waals surface area contributed by atoms with E-state index in [-0.39, 0.29) is 4.87 Å². The Kier molecular flexibility index (Phi) is 9.04. The summed E-state index contributed by atoms with van der Waals surface area (Å²) < 4.78 is 0. The molecule has 0 fully saturated rings. The molecule has 92 valence electrons. The molecule has 0 rings (SSSR count). The van der Waals surface area contributed by atoms with E-state index in [1.54, 1.807) is 0 Å². The van der Waals surface area contributed by atoms with Crippen molar-refractivity contribution in [2.75, 3.05) is 5.88 Å². The minimum absolute atomic E-state index is 0.148. The predicted octanol–water partition coefficient (Wildman–Crippen LogP) is 5.61. The average Bonchev–Trinajstić information content (AvgIpc) is 2.15. The molecule has 0 radical (unpaired) electrons. The maximum atomic E-state index is 6.28. The summed E-state index contributed by atoms with van der Waals surface area (Å²) in [7, 11) is 0. The van der Waals surface area contributed by atoms with Crippen LogP contribution in [0.25, 0.3) is 0 Å². The number of hydrogen-bond acceptors (Lipinski definition) is 0. The Bertz CT molecular complexity index is 138. The highest BCUT2D eigenvalue weighted by molar-refractivity contribution is 6.24. The van der Waals surface area contributed by atoms with Crippen molar-refractivity contribution in [3.63, 3.8) is 0 Å². The van der Waals surface area contributed by atoms with Gasteiger partial charge in [0.1, 0.15) is 0 Å². The maximum absolute atomic E-state index is 6.28. The van der Waals surface area contributed by atoms with Crippen LogP contribution in [-0.2, 0) is 0 Å². The van der Waals surface area contributed by atoms with Gasteiger partial charge < -0.3 is 0 Å². The van der Waals surface area contributed by atoms with Crippen LogP contribution in [-0.4, -0.2) is 10.8 Å². The molecule has 0 heterocycles. The second-order valence-electron chi connectivity index (χ2n) is 4.97. The van der Waals surface area contributed by atoms with Crippen molar-refractivity contribution >= 4 is 23.2 Å². The molecule has 0 saturated heterocycles. The van der Waals surface area contributed by atoms with Crippen molar-refractivity contribution in [1.29, 1.82) is 0 Å². The summed E-state index contributed by atoms with van der Waals surface area (Å²) in [6.07, 6.45) is 9.22. The molecule has 0 nitrogen and oxygen atoms in total. The van der Waals surface area contributed by atoms with Gasteiger partial charge >= 0.3 is 0 Å². The van der Waals surface area contributed by atoms with Gasteiger partial charge in [0.05, 0.1) is 0 Å². The van der Waals surface area contributed by atoms with Crippen LogP contribution in [0.15, 0.2) is 0 Å². The van der Waals surface area contributed by atoms with E-state index in [4.69, 9.17) is 23.2 Å². The van der Waals surface area contributed by atoms with E-state index < -0.39 is 0 Å². The molecule has 0 aromatic rings. The summed E-state index contributed by atoms with van der Waals surface area (Å²) in [5.41, 5.74) is 0. The molecule has 0 aliphatic carbocycles. The minimum atomic E-state index is -0.148. The van der Waals surface area contributed by atoms with Crippen molar-refractivity contribution in [3.05, 3.63) is 0 Å². The molecule has 0 spiro atoms. The first-order valence-electron chi connectivity index (χ1n) is 6.27. The Morgan fingerprint density at radius 3 is 2.00 bits per heavy atom. The second-order valence-corrected chi connectivity index (χ2v) is 6.25. The third-order valence-corrected chi connectivity index (χ3v) is 3.74. The molecular weight excluding hydrogens is 227 g/mol. The molecule has 0 bridgehead atoms. The van der Waals surface area contributed by atoms with Gasteiger partial charge in [0, 0.05) is 10.8 Å². The van der Waals surface area contributed by atoms with Gasteiger partial charge in [0.15, 0.2) is 0 Å². The highest BCUT2D eigenvalue weighted by Crippen LogP contribution is 2.30. The van der Waals surface area contributed by atoms with Crippen LogP contribution < -0.4 is 0 Å². The minimum Gasteiger partial charge on any atom is -0.126 e. The zero-order valence-corrected chi connectivity index (χ0v) is 12.0. The van der Waals surface area contributed by atoms with Crippen molar-refractivity contribution in [2.24, 2.45) is 5.92 Å². The fourth-order valence-electron chi connectivity index (χ4n) is 1.77. The lowest BCUT2D eigenvalue weighted by Gasteiger charge is -2.26. The van der Waals surface area contributed by atoms with Crippen LogP contribution in [0.5, 0.6) is 0 Å². The van der Waals surface area contributed by atoms with E-state index in [2.05, 4.69) is 20.8 Å². The van der Waals surface area contributed by atoms with Crippen LogP contribution >= 0.6 is 23.2 Å². The first-order chi connectivity index (χ1) is 7.02. The topological polar surface area (TPSA) is 0 Å².